The Balaban J connectivity index is 1.62. The fourth-order valence-electron chi connectivity index (χ4n) is 5.61. The number of halogens is 1. The average Bonchev–Trinajstić information content (AvgIpc) is 3.14. The third-order valence-corrected chi connectivity index (χ3v) is 7.79. The van der Waals surface area contributed by atoms with Crippen LogP contribution in [0.5, 0.6) is 17.2 Å². The molecule has 8 nitrogen and oxygen atoms in total. The molecule has 4 unspecified atom stereocenters. The summed E-state index contributed by atoms with van der Waals surface area (Å²) in [7, 11) is 2.86. The van der Waals surface area contributed by atoms with E-state index in [4.69, 9.17) is 9.47 Å². The third kappa shape index (κ3) is 3.65. The summed E-state index contributed by atoms with van der Waals surface area (Å²) in [4.78, 5) is 51.1. The van der Waals surface area contributed by atoms with Crippen LogP contribution in [-0.2, 0) is 19.2 Å². The van der Waals surface area contributed by atoms with Gasteiger partial charge in [0.05, 0.1) is 30.5 Å². The van der Waals surface area contributed by atoms with Crippen LogP contribution in [0.15, 0.2) is 51.6 Å². The highest BCUT2D eigenvalue weighted by Crippen LogP contribution is 2.51. The molecule has 1 heterocycles. The number of ketones is 2. The van der Waals surface area contributed by atoms with Gasteiger partial charge in [-0.1, -0.05) is 23.8 Å². The Morgan fingerprint density at radius 2 is 1.74 bits per heavy atom. The molecule has 4 atom stereocenters. The maximum Gasteiger partial charge on any atom is 0.231 e. The number of allylic oxidation sites excluding steroid dienone is 7. The Kier molecular flexibility index (Phi) is 5.75. The van der Waals surface area contributed by atoms with Crippen molar-refractivity contribution in [2.24, 2.45) is 23.7 Å². The number of phenolic OH excluding ortho intramolecular Hbond substituents is 1. The van der Waals surface area contributed by atoms with Crippen LogP contribution >= 0.6 is 15.9 Å². The summed E-state index contributed by atoms with van der Waals surface area (Å²) >= 11 is 3.20. The van der Waals surface area contributed by atoms with Gasteiger partial charge in [0, 0.05) is 23.1 Å². The van der Waals surface area contributed by atoms with Crippen LogP contribution in [0.1, 0.15) is 18.4 Å². The van der Waals surface area contributed by atoms with Crippen LogP contribution < -0.4 is 14.8 Å². The lowest BCUT2D eigenvalue weighted by Gasteiger charge is -2.41. The van der Waals surface area contributed by atoms with Gasteiger partial charge in [0.25, 0.3) is 0 Å². The lowest BCUT2D eigenvalue weighted by atomic mass is 9.61. The van der Waals surface area contributed by atoms with E-state index >= 15 is 0 Å². The minimum absolute atomic E-state index is 0.129. The first-order chi connectivity index (χ1) is 16.7. The van der Waals surface area contributed by atoms with Crippen LogP contribution in [0, 0.1) is 23.7 Å². The van der Waals surface area contributed by atoms with Gasteiger partial charge in [0.1, 0.15) is 0 Å². The van der Waals surface area contributed by atoms with Crippen LogP contribution in [0.2, 0.25) is 0 Å². The van der Waals surface area contributed by atoms with Crippen LogP contribution in [0.3, 0.4) is 0 Å². The fraction of sp³-hybridized carbons (Fsp3) is 0.308. The standard InChI is InChI=1S/C26H22BrNO7/c1-34-19-7-11(8-20(35-2)24(19)31)3-4-13-12-5-6-14-22(26(33)28-25(14)32)15(12)9-16-21(13)18(29)10-17(27)23(16)30/h3-5,7-8,10,13-15,22,31H,6,9H2,1-2H3,(H,28,32,33). The van der Waals surface area contributed by atoms with E-state index in [0.29, 0.717) is 23.1 Å². The number of benzene rings is 1. The molecule has 1 aromatic rings. The Hall–Kier alpha value is -3.46. The number of imide groups is 1. The minimum atomic E-state index is -0.575. The van der Waals surface area contributed by atoms with Gasteiger partial charge >= 0.3 is 0 Å². The molecule has 0 spiro atoms. The molecule has 1 saturated heterocycles. The van der Waals surface area contributed by atoms with E-state index in [1.807, 2.05) is 12.2 Å². The lowest BCUT2D eigenvalue weighted by Crippen LogP contribution is -2.39. The van der Waals surface area contributed by atoms with Crippen LogP contribution in [-0.4, -0.2) is 42.7 Å². The molecule has 1 fully saturated rings. The molecule has 0 aromatic heterocycles. The topological polar surface area (TPSA) is 119 Å². The van der Waals surface area contributed by atoms with Crippen molar-refractivity contribution in [2.45, 2.75) is 12.8 Å². The summed E-state index contributed by atoms with van der Waals surface area (Å²) in [6, 6.07) is 3.26. The monoisotopic (exact) mass is 539 g/mol. The smallest absolute Gasteiger partial charge is 0.231 e. The van der Waals surface area contributed by atoms with Gasteiger partial charge in [-0.15, -0.1) is 0 Å². The lowest BCUT2D eigenvalue weighted by molar-refractivity contribution is -0.126. The van der Waals surface area contributed by atoms with Crippen molar-refractivity contribution < 1.29 is 33.8 Å². The van der Waals surface area contributed by atoms with E-state index in [-0.39, 0.29) is 57.5 Å². The summed E-state index contributed by atoms with van der Waals surface area (Å²) < 4.78 is 10.6. The zero-order valence-corrected chi connectivity index (χ0v) is 20.5. The van der Waals surface area contributed by atoms with Gasteiger partial charge in [0.2, 0.25) is 17.6 Å². The SMILES string of the molecule is COc1cc(C=CC2C3=CCC4C(=O)NC(=O)C4C3CC3=C2C(=O)C=C(Br)C3=O)cc(OC)c1O. The van der Waals surface area contributed by atoms with Gasteiger partial charge in [-0.3, -0.25) is 24.5 Å². The maximum absolute atomic E-state index is 13.1. The van der Waals surface area contributed by atoms with Gasteiger partial charge in [-0.05, 0) is 52.4 Å². The highest BCUT2D eigenvalue weighted by Gasteiger charge is 2.52. The van der Waals surface area contributed by atoms with Gasteiger partial charge in [-0.25, -0.2) is 0 Å². The number of nitrogens with one attached hydrogen (secondary N) is 1. The molecule has 9 heteroatoms. The molecular weight excluding hydrogens is 518 g/mol. The van der Waals surface area contributed by atoms with Gasteiger partial charge < -0.3 is 14.6 Å². The summed E-state index contributed by atoms with van der Waals surface area (Å²) in [5, 5.41) is 12.6. The van der Waals surface area contributed by atoms with Crippen LogP contribution in [0.25, 0.3) is 6.08 Å². The number of carbonyl (C=O) groups excluding carboxylic acids is 4. The zero-order chi connectivity index (χ0) is 25.0. The van der Waals surface area contributed by atoms with Gasteiger partial charge in [-0.2, -0.15) is 0 Å². The second-order valence-electron chi connectivity index (χ2n) is 8.92. The highest BCUT2D eigenvalue weighted by atomic mass is 79.9. The van der Waals surface area contributed by atoms with Crippen molar-refractivity contribution in [3.05, 3.63) is 57.1 Å². The zero-order valence-electron chi connectivity index (χ0n) is 19.0. The van der Waals surface area contributed by atoms with Crippen molar-refractivity contribution in [1.29, 1.82) is 0 Å². The summed E-state index contributed by atoms with van der Waals surface area (Å²) in [6.07, 6.45) is 7.41. The molecule has 0 bridgehead atoms. The maximum atomic E-state index is 13.1. The number of methoxy groups -OCH3 is 2. The number of rotatable bonds is 4. The Morgan fingerprint density at radius 3 is 2.40 bits per heavy atom. The molecule has 5 rings (SSSR count). The van der Waals surface area contributed by atoms with Gasteiger partial charge in [0.15, 0.2) is 23.1 Å². The van der Waals surface area contributed by atoms with E-state index in [1.165, 1.54) is 20.3 Å². The average molecular weight is 540 g/mol. The number of hydrogen-bond acceptors (Lipinski definition) is 7. The molecule has 0 saturated carbocycles. The Bertz CT molecular complexity index is 1290. The van der Waals surface area contributed by atoms with E-state index in [2.05, 4.69) is 21.2 Å². The largest absolute Gasteiger partial charge is 0.502 e. The Labute approximate surface area is 209 Å². The molecule has 1 aliphatic heterocycles. The fourth-order valence-corrected chi connectivity index (χ4v) is 6.06. The number of Topliss-reactive ketones (excluding diaryl/α,β-unsaturated/α-hetero) is 1. The molecule has 2 amide bonds. The first kappa shape index (κ1) is 23.3. The predicted octanol–water partition coefficient (Wildman–Crippen LogP) is 3.00. The van der Waals surface area contributed by atoms with E-state index in [0.717, 1.165) is 5.57 Å². The summed E-state index contributed by atoms with van der Waals surface area (Å²) in [6.45, 7) is 0. The molecule has 180 valence electrons. The molecular formula is C26H22BrNO7. The second kappa shape index (κ2) is 8.64. The Morgan fingerprint density at radius 1 is 1.06 bits per heavy atom. The number of hydrogen-bond donors (Lipinski definition) is 2. The van der Waals surface area contributed by atoms with Crippen molar-refractivity contribution in [1.82, 2.24) is 5.32 Å². The number of aromatic hydroxyl groups is 1. The number of carbonyl (C=O) groups is 4. The normalized spacial score (nSPS) is 27.7. The number of phenols is 1. The minimum Gasteiger partial charge on any atom is -0.502 e. The van der Waals surface area contributed by atoms with Crippen LogP contribution in [0.4, 0.5) is 0 Å². The molecule has 4 aliphatic rings. The van der Waals surface area contributed by atoms with Crippen molar-refractivity contribution in [3.63, 3.8) is 0 Å². The first-order valence-electron chi connectivity index (χ1n) is 11.1. The quantitative estimate of drug-likeness (QED) is 0.343. The molecule has 0 radical (unpaired) electrons. The second-order valence-corrected chi connectivity index (χ2v) is 9.78. The summed E-state index contributed by atoms with van der Waals surface area (Å²) in [5.41, 5.74) is 2.26. The highest BCUT2D eigenvalue weighted by molar-refractivity contribution is 9.12. The molecule has 3 aliphatic carbocycles. The molecule has 35 heavy (non-hydrogen) atoms. The number of amides is 2. The number of fused-ring (bicyclic) bond motifs is 3. The van der Waals surface area contributed by atoms with E-state index in [9.17, 15) is 24.3 Å². The van der Waals surface area contributed by atoms with Crippen molar-refractivity contribution in [2.75, 3.05) is 14.2 Å². The van der Waals surface area contributed by atoms with E-state index in [1.54, 1.807) is 18.2 Å². The van der Waals surface area contributed by atoms with Crippen molar-refractivity contribution >= 4 is 45.4 Å². The van der Waals surface area contributed by atoms with Crippen molar-refractivity contribution in [3.8, 4) is 17.2 Å². The third-order valence-electron chi connectivity index (χ3n) is 7.21. The number of ether oxygens (including phenoxy) is 2. The first-order valence-corrected chi connectivity index (χ1v) is 11.9. The summed E-state index contributed by atoms with van der Waals surface area (Å²) in [5.74, 6) is -2.82. The predicted molar refractivity (Wildman–Crippen MR) is 129 cm³/mol. The molecule has 1 aromatic carbocycles. The molecule has 2 N–H and O–H groups in total. The van der Waals surface area contributed by atoms with E-state index < -0.39 is 17.8 Å².